The summed E-state index contributed by atoms with van der Waals surface area (Å²) in [6.07, 6.45) is 0. The van der Waals surface area contributed by atoms with Crippen LogP contribution in [0.2, 0.25) is 0 Å². The Balaban J connectivity index is 1.73. The molecule has 166 valence electrons. The molecule has 1 atom stereocenters. The van der Waals surface area contributed by atoms with E-state index < -0.39 is 0 Å². The second-order valence-electron chi connectivity index (χ2n) is 7.78. The van der Waals surface area contributed by atoms with Crippen LogP contribution in [0.1, 0.15) is 37.9 Å². The summed E-state index contributed by atoms with van der Waals surface area (Å²) in [7, 11) is 5.57. The Kier molecular flexibility index (Phi) is 7.63. The van der Waals surface area contributed by atoms with Crippen LogP contribution in [0.4, 0.5) is 5.69 Å². The molecule has 0 spiro atoms. The van der Waals surface area contributed by atoms with Crippen LogP contribution in [0.25, 0.3) is 0 Å². The van der Waals surface area contributed by atoms with Gasteiger partial charge in [0.1, 0.15) is 5.75 Å². The van der Waals surface area contributed by atoms with Crippen molar-refractivity contribution in [3.05, 3.63) is 95.1 Å². The highest BCUT2D eigenvalue weighted by atomic mass is 16.5. The number of ether oxygens (including phenoxy) is 1. The van der Waals surface area contributed by atoms with E-state index in [1.165, 1.54) is 0 Å². The molecule has 0 aliphatic heterocycles. The molecule has 0 aliphatic carbocycles. The number of hydrogen-bond donors (Lipinski definition) is 2. The van der Waals surface area contributed by atoms with Crippen LogP contribution in [0.15, 0.2) is 72.8 Å². The number of nitrogens with zero attached hydrogens (tertiary/aromatic N) is 1. The Morgan fingerprint density at radius 2 is 1.59 bits per heavy atom. The molecule has 0 bridgehead atoms. The minimum Gasteiger partial charge on any atom is -0.496 e. The number of hydrogen-bond acceptors (Lipinski definition) is 4. The molecule has 0 heterocycles. The van der Waals surface area contributed by atoms with Gasteiger partial charge in [-0.05, 0) is 56.9 Å². The first kappa shape index (κ1) is 23.0. The molecule has 0 fully saturated rings. The van der Waals surface area contributed by atoms with Crippen molar-refractivity contribution in [2.24, 2.45) is 0 Å². The maximum atomic E-state index is 12.9. The van der Waals surface area contributed by atoms with Gasteiger partial charge in [0.2, 0.25) is 0 Å². The van der Waals surface area contributed by atoms with E-state index in [0.717, 1.165) is 16.9 Å². The zero-order valence-corrected chi connectivity index (χ0v) is 18.9. The van der Waals surface area contributed by atoms with Crippen molar-refractivity contribution in [2.75, 3.05) is 33.1 Å². The molecule has 2 N–H and O–H groups in total. The molecule has 6 heteroatoms. The number of methoxy groups -OCH3 is 1. The average molecular weight is 432 g/mol. The molecule has 32 heavy (non-hydrogen) atoms. The van der Waals surface area contributed by atoms with Crippen LogP contribution in [0, 0.1) is 6.92 Å². The summed E-state index contributed by atoms with van der Waals surface area (Å²) >= 11 is 0. The summed E-state index contributed by atoms with van der Waals surface area (Å²) in [5, 5.41) is 5.92. The third-order valence-electron chi connectivity index (χ3n) is 5.36. The van der Waals surface area contributed by atoms with Crippen LogP contribution < -0.4 is 15.4 Å². The number of nitrogens with one attached hydrogen (secondary N) is 2. The van der Waals surface area contributed by atoms with Gasteiger partial charge in [0.05, 0.1) is 13.2 Å². The third kappa shape index (κ3) is 5.53. The van der Waals surface area contributed by atoms with E-state index in [1.807, 2.05) is 74.4 Å². The van der Waals surface area contributed by atoms with Crippen LogP contribution in [-0.2, 0) is 0 Å². The molecule has 6 nitrogen and oxygen atoms in total. The fourth-order valence-electron chi connectivity index (χ4n) is 3.49. The zero-order chi connectivity index (χ0) is 23.1. The van der Waals surface area contributed by atoms with Crippen molar-refractivity contribution in [3.8, 4) is 5.75 Å². The van der Waals surface area contributed by atoms with E-state index in [9.17, 15) is 9.59 Å². The van der Waals surface area contributed by atoms with Crippen molar-refractivity contribution in [2.45, 2.75) is 13.0 Å². The van der Waals surface area contributed by atoms with Crippen LogP contribution >= 0.6 is 0 Å². The largest absolute Gasteiger partial charge is 0.496 e. The number of aryl methyl sites for hydroxylation is 1. The molecular formula is C26H29N3O3. The molecule has 0 radical (unpaired) electrons. The number of benzene rings is 3. The first-order valence-corrected chi connectivity index (χ1v) is 10.4. The van der Waals surface area contributed by atoms with E-state index in [4.69, 9.17) is 4.74 Å². The monoisotopic (exact) mass is 431 g/mol. The SMILES string of the molecule is COc1ccccc1C(CNC(=O)c1ccc(C)c(NC(=O)c2ccccc2)c1)N(C)C. The summed E-state index contributed by atoms with van der Waals surface area (Å²) in [6.45, 7) is 2.30. The quantitative estimate of drug-likeness (QED) is 0.558. The Morgan fingerprint density at radius 1 is 0.906 bits per heavy atom. The molecule has 3 aromatic carbocycles. The van der Waals surface area contributed by atoms with Gasteiger partial charge in [-0.25, -0.2) is 0 Å². The second-order valence-corrected chi connectivity index (χ2v) is 7.78. The van der Waals surface area contributed by atoms with Crippen LogP contribution in [-0.4, -0.2) is 44.5 Å². The first-order valence-electron chi connectivity index (χ1n) is 10.4. The number of carbonyl (C=O) groups excluding carboxylic acids is 2. The lowest BCUT2D eigenvalue weighted by atomic mass is 10.0. The van der Waals surface area contributed by atoms with Crippen molar-refractivity contribution < 1.29 is 14.3 Å². The summed E-state index contributed by atoms with van der Waals surface area (Å²) < 4.78 is 5.49. The third-order valence-corrected chi connectivity index (χ3v) is 5.36. The summed E-state index contributed by atoms with van der Waals surface area (Å²) in [5.41, 5.74) is 3.54. The fourth-order valence-corrected chi connectivity index (χ4v) is 3.49. The lowest BCUT2D eigenvalue weighted by molar-refractivity contribution is 0.0940. The summed E-state index contributed by atoms with van der Waals surface area (Å²) in [4.78, 5) is 27.5. The number of rotatable bonds is 8. The van der Waals surface area contributed by atoms with E-state index in [1.54, 1.807) is 31.4 Å². The van der Waals surface area contributed by atoms with Gasteiger partial charge in [-0.3, -0.25) is 9.59 Å². The predicted octanol–water partition coefficient (Wildman–Crippen LogP) is 4.29. The molecule has 2 amide bonds. The molecular weight excluding hydrogens is 402 g/mol. The maximum absolute atomic E-state index is 12.9. The molecule has 0 aliphatic rings. The van der Waals surface area contributed by atoms with Crippen LogP contribution in [0.5, 0.6) is 5.75 Å². The predicted molar refractivity (Wildman–Crippen MR) is 127 cm³/mol. The van der Waals surface area contributed by atoms with Gasteiger partial charge in [0.25, 0.3) is 11.8 Å². The number of para-hydroxylation sites is 1. The Morgan fingerprint density at radius 3 is 2.28 bits per heavy atom. The average Bonchev–Trinajstić information content (AvgIpc) is 2.81. The molecule has 0 saturated carbocycles. The van der Waals surface area contributed by atoms with E-state index in [0.29, 0.717) is 23.4 Å². The van der Waals surface area contributed by atoms with Gasteiger partial charge in [0, 0.05) is 28.9 Å². The van der Waals surface area contributed by atoms with E-state index >= 15 is 0 Å². The molecule has 3 rings (SSSR count). The minimum atomic E-state index is -0.213. The van der Waals surface area contributed by atoms with Gasteiger partial charge >= 0.3 is 0 Å². The Hall–Kier alpha value is -3.64. The topological polar surface area (TPSA) is 70.7 Å². The van der Waals surface area contributed by atoms with Crippen molar-refractivity contribution >= 4 is 17.5 Å². The number of carbonyl (C=O) groups is 2. The summed E-state index contributed by atoms with van der Waals surface area (Å²) in [6, 6.07) is 22.0. The van der Waals surface area contributed by atoms with Gasteiger partial charge in [-0.2, -0.15) is 0 Å². The van der Waals surface area contributed by atoms with Crippen LogP contribution in [0.3, 0.4) is 0 Å². The fraction of sp³-hybridized carbons (Fsp3) is 0.231. The van der Waals surface area contributed by atoms with E-state index in [2.05, 4.69) is 10.6 Å². The lowest BCUT2D eigenvalue weighted by Gasteiger charge is -2.26. The normalized spacial score (nSPS) is 11.7. The second kappa shape index (κ2) is 10.6. The number of anilines is 1. The van der Waals surface area contributed by atoms with Gasteiger partial charge in [-0.1, -0.05) is 42.5 Å². The number of likely N-dealkylation sites (N-methyl/N-ethyl adjacent to an activating group) is 1. The first-order chi connectivity index (χ1) is 15.4. The lowest BCUT2D eigenvalue weighted by Crippen LogP contribution is -2.34. The molecule has 0 aromatic heterocycles. The maximum Gasteiger partial charge on any atom is 0.255 e. The Labute approximate surface area is 189 Å². The summed E-state index contributed by atoms with van der Waals surface area (Å²) in [5.74, 6) is 0.360. The minimum absolute atomic E-state index is 0.0576. The highest BCUT2D eigenvalue weighted by Gasteiger charge is 2.20. The highest BCUT2D eigenvalue weighted by molar-refractivity contribution is 6.05. The number of amides is 2. The van der Waals surface area contributed by atoms with Gasteiger partial charge < -0.3 is 20.3 Å². The van der Waals surface area contributed by atoms with Crippen molar-refractivity contribution in [3.63, 3.8) is 0 Å². The van der Waals surface area contributed by atoms with Gasteiger partial charge in [0.15, 0.2) is 0 Å². The van der Waals surface area contributed by atoms with Crippen molar-refractivity contribution in [1.29, 1.82) is 0 Å². The van der Waals surface area contributed by atoms with Crippen molar-refractivity contribution in [1.82, 2.24) is 10.2 Å². The molecule has 3 aromatic rings. The standard InChI is InChI=1S/C26H29N3O3/c1-18-14-15-20(16-22(18)28-26(31)19-10-6-5-7-11-19)25(30)27-17-23(29(2)3)21-12-8-9-13-24(21)32-4/h5-16,23H,17H2,1-4H3,(H,27,30)(H,28,31). The molecule has 0 saturated heterocycles. The van der Waals surface area contributed by atoms with E-state index in [-0.39, 0.29) is 17.9 Å². The smallest absolute Gasteiger partial charge is 0.255 e. The highest BCUT2D eigenvalue weighted by Crippen LogP contribution is 2.27. The van der Waals surface area contributed by atoms with Gasteiger partial charge in [-0.15, -0.1) is 0 Å². The zero-order valence-electron chi connectivity index (χ0n) is 18.9. The Bertz CT molecular complexity index is 1080. The molecule has 1 unspecified atom stereocenters.